The van der Waals surface area contributed by atoms with Crippen LogP contribution in [0.2, 0.25) is 0 Å². The summed E-state index contributed by atoms with van der Waals surface area (Å²) in [6.07, 6.45) is 3.36. The molecule has 2 amide bonds. The van der Waals surface area contributed by atoms with Crippen molar-refractivity contribution in [2.45, 2.75) is 11.7 Å². The highest BCUT2D eigenvalue weighted by Crippen LogP contribution is 2.53. The van der Waals surface area contributed by atoms with Gasteiger partial charge in [-0.3, -0.25) is 9.59 Å². The number of carbonyl (C=O) groups is 2. The zero-order chi connectivity index (χ0) is 22.7. The number of benzene rings is 2. The SMILES string of the molecule is COc1ccc(NC(=O)[C@@H]2[C@@H]3C=C[C@]4(CN(c5ccc6c(c5)OCO6)C(=O)[C@H]24)O3)cc1OC. The average molecular weight is 450 g/mol. The Morgan fingerprint density at radius 3 is 2.73 bits per heavy atom. The molecule has 170 valence electrons. The minimum absolute atomic E-state index is 0.145. The van der Waals surface area contributed by atoms with Crippen LogP contribution in [0.5, 0.6) is 23.0 Å². The number of fused-ring (bicyclic) bond motifs is 2. The number of rotatable bonds is 5. The number of nitrogens with zero attached hydrogens (tertiary/aromatic N) is 1. The van der Waals surface area contributed by atoms with Gasteiger partial charge in [0.1, 0.15) is 5.60 Å². The summed E-state index contributed by atoms with van der Waals surface area (Å²) in [6, 6.07) is 10.5. The number of hydrogen-bond acceptors (Lipinski definition) is 7. The van der Waals surface area contributed by atoms with Crippen LogP contribution in [0.15, 0.2) is 48.6 Å². The zero-order valence-electron chi connectivity index (χ0n) is 18.1. The predicted octanol–water partition coefficient (Wildman–Crippen LogP) is 2.36. The van der Waals surface area contributed by atoms with E-state index >= 15 is 0 Å². The monoisotopic (exact) mass is 450 g/mol. The van der Waals surface area contributed by atoms with Crippen LogP contribution in [-0.2, 0) is 14.3 Å². The van der Waals surface area contributed by atoms with Crippen molar-refractivity contribution >= 4 is 23.2 Å². The second kappa shape index (κ2) is 7.14. The maximum atomic E-state index is 13.5. The van der Waals surface area contributed by atoms with Gasteiger partial charge in [-0.1, -0.05) is 12.2 Å². The molecule has 2 bridgehead atoms. The third-order valence-electron chi connectivity index (χ3n) is 6.72. The molecule has 6 rings (SSSR count). The van der Waals surface area contributed by atoms with Gasteiger partial charge in [-0.25, -0.2) is 0 Å². The fourth-order valence-electron chi connectivity index (χ4n) is 5.21. The first-order chi connectivity index (χ1) is 16.0. The van der Waals surface area contributed by atoms with Crippen molar-refractivity contribution in [2.75, 3.05) is 37.8 Å². The van der Waals surface area contributed by atoms with Crippen LogP contribution < -0.4 is 29.2 Å². The number of nitrogens with one attached hydrogen (secondary N) is 1. The van der Waals surface area contributed by atoms with Crippen molar-refractivity contribution in [3.63, 3.8) is 0 Å². The summed E-state index contributed by atoms with van der Waals surface area (Å²) in [5, 5.41) is 2.92. The maximum Gasteiger partial charge on any atom is 0.234 e. The lowest BCUT2D eigenvalue weighted by atomic mass is 9.77. The average Bonchev–Trinajstić information content (AvgIpc) is 3.59. The number of amides is 2. The summed E-state index contributed by atoms with van der Waals surface area (Å²) in [5.74, 6) is 0.629. The highest BCUT2D eigenvalue weighted by atomic mass is 16.7. The summed E-state index contributed by atoms with van der Waals surface area (Å²) in [4.78, 5) is 28.5. The maximum absolute atomic E-state index is 13.5. The Labute approximate surface area is 189 Å². The molecule has 4 heterocycles. The van der Waals surface area contributed by atoms with E-state index in [1.54, 1.807) is 42.3 Å². The summed E-state index contributed by atoms with van der Waals surface area (Å²) in [7, 11) is 3.08. The summed E-state index contributed by atoms with van der Waals surface area (Å²) in [5.41, 5.74) is 0.418. The van der Waals surface area contributed by atoms with E-state index in [4.69, 9.17) is 23.7 Å². The number of methoxy groups -OCH3 is 2. The molecule has 0 radical (unpaired) electrons. The van der Waals surface area contributed by atoms with E-state index in [9.17, 15) is 9.59 Å². The topological polar surface area (TPSA) is 95.6 Å². The van der Waals surface area contributed by atoms with Crippen molar-refractivity contribution in [3.05, 3.63) is 48.6 Å². The van der Waals surface area contributed by atoms with Crippen LogP contribution in [0.1, 0.15) is 0 Å². The van der Waals surface area contributed by atoms with Gasteiger partial charge < -0.3 is 33.9 Å². The molecule has 4 atom stereocenters. The van der Waals surface area contributed by atoms with Crippen molar-refractivity contribution in [1.29, 1.82) is 0 Å². The van der Waals surface area contributed by atoms with Crippen molar-refractivity contribution < 1.29 is 33.3 Å². The Bertz CT molecular complexity index is 1200. The van der Waals surface area contributed by atoms with E-state index in [-0.39, 0.29) is 18.6 Å². The first-order valence-corrected chi connectivity index (χ1v) is 10.6. The lowest BCUT2D eigenvalue weighted by molar-refractivity contribution is -0.128. The van der Waals surface area contributed by atoms with Crippen LogP contribution in [0.4, 0.5) is 11.4 Å². The largest absolute Gasteiger partial charge is 0.493 e. The minimum atomic E-state index is -0.822. The van der Waals surface area contributed by atoms with Gasteiger partial charge in [-0.15, -0.1) is 0 Å². The fourth-order valence-corrected chi connectivity index (χ4v) is 5.21. The molecule has 0 aromatic heterocycles. The molecule has 2 aromatic rings. The first-order valence-electron chi connectivity index (χ1n) is 10.6. The molecule has 1 spiro atoms. The number of hydrogen-bond donors (Lipinski definition) is 1. The van der Waals surface area contributed by atoms with E-state index in [0.717, 1.165) is 0 Å². The molecule has 4 aliphatic heterocycles. The predicted molar refractivity (Wildman–Crippen MR) is 117 cm³/mol. The number of carbonyl (C=O) groups excluding carboxylic acids is 2. The van der Waals surface area contributed by atoms with Gasteiger partial charge in [-0.2, -0.15) is 0 Å². The Morgan fingerprint density at radius 2 is 1.91 bits per heavy atom. The minimum Gasteiger partial charge on any atom is -0.493 e. The number of ether oxygens (including phenoxy) is 5. The Balaban J connectivity index is 1.27. The molecule has 0 saturated carbocycles. The highest BCUT2D eigenvalue weighted by Gasteiger charge is 2.67. The molecule has 1 N–H and O–H groups in total. The van der Waals surface area contributed by atoms with E-state index in [1.165, 1.54) is 7.11 Å². The summed E-state index contributed by atoms with van der Waals surface area (Å²) in [6.45, 7) is 0.495. The molecule has 2 fully saturated rings. The van der Waals surface area contributed by atoms with Crippen LogP contribution in [-0.4, -0.2) is 51.1 Å². The quantitative estimate of drug-likeness (QED) is 0.699. The van der Waals surface area contributed by atoms with Crippen molar-refractivity contribution in [2.24, 2.45) is 11.8 Å². The third kappa shape index (κ3) is 2.88. The van der Waals surface area contributed by atoms with Crippen LogP contribution >= 0.6 is 0 Å². The van der Waals surface area contributed by atoms with Gasteiger partial charge in [0.05, 0.1) is 38.7 Å². The third-order valence-corrected chi connectivity index (χ3v) is 6.72. The summed E-state index contributed by atoms with van der Waals surface area (Å²) < 4.78 is 27.6. The van der Waals surface area contributed by atoms with Gasteiger partial charge in [0, 0.05) is 23.5 Å². The zero-order valence-corrected chi connectivity index (χ0v) is 18.1. The molecule has 33 heavy (non-hydrogen) atoms. The van der Waals surface area contributed by atoms with E-state index in [2.05, 4.69) is 5.32 Å². The molecule has 2 saturated heterocycles. The van der Waals surface area contributed by atoms with E-state index in [0.29, 0.717) is 40.9 Å². The molecular formula is C24H22N2O7. The molecule has 0 aliphatic carbocycles. The lowest BCUT2D eigenvalue weighted by Crippen LogP contribution is -2.41. The molecule has 9 heteroatoms. The van der Waals surface area contributed by atoms with Gasteiger partial charge >= 0.3 is 0 Å². The second-order valence-corrected chi connectivity index (χ2v) is 8.42. The van der Waals surface area contributed by atoms with Crippen LogP contribution in [0, 0.1) is 11.8 Å². The lowest BCUT2D eigenvalue weighted by Gasteiger charge is -2.23. The van der Waals surface area contributed by atoms with Gasteiger partial charge in [0.15, 0.2) is 23.0 Å². The molecule has 0 unspecified atom stereocenters. The van der Waals surface area contributed by atoms with Crippen molar-refractivity contribution in [1.82, 2.24) is 0 Å². The van der Waals surface area contributed by atoms with Crippen molar-refractivity contribution in [3.8, 4) is 23.0 Å². The van der Waals surface area contributed by atoms with E-state index in [1.807, 2.05) is 18.2 Å². The highest BCUT2D eigenvalue weighted by molar-refractivity contribution is 6.05. The summed E-state index contributed by atoms with van der Waals surface area (Å²) >= 11 is 0. The molecule has 9 nitrogen and oxygen atoms in total. The van der Waals surface area contributed by atoms with Crippen LogP contribution in [0.3, 0.4) is 0 Å². The van der Waals surface area contributed by atoms with E-state index < -0.39 is 23.5 Å². The van der Waals surface area contributed by atoms with Gasteiger partial charge in [-0.05, 0) is 24.3 Å². The van der Waals surface area contributed by atoms with Gasteiger partial charge in [0.25, 0.3) is 0 Å². The Morgan fingerprint density at radius 1 is 1.09 bits per heavy atom. The smallest absolute Gasteiger partial charge is 0.234 e. The Hall–Kier alpha value is -3.72. The first kappa shape index (κ1) is 19.9. The van der Waals surface area contributed by atoms with Crippen LogP contribution in [0.25, 0.3) is 0 Å². The normalized spacial score (nSPS) is 28.2. The van der Waals surface area contributed by atoms with Gasteiger partial charge in [0.2, 0.25) is 18.6 Å². The molecule has 4 aliphatic rings. The Kier molecular flexibility index (Phi) is 4.31. The standard InChI is InChI=1S/C24H22N2O7/c1-29-15-5-3-13(9-18(15)30-2)25-22(27)20-17-7-8-24(33-17)11-26(23(28)21(20)24)14-4-6-16-19(10-14)32-12-31-16/h3-10,17,20-21H,11-12H2,1-2H3,(H,25,27)/t17-,20+,21-,24+/m0/s1. The fraction of sp³-hybridized carbons (Fsp3) is 0.333. The molecular weight excluding hydrogens is 428 g/mol. The second-order valence-electron chi connectivity index (χ2n) is 8.42. The number of anilines is 2. The molecule has 2 aromatic carbocycles.